The quantitative estimate of drug-likeness (QED) is 0.758. The summed E-state index contributed by atoms with van der Waals surface area (Å²) in [6.07, 6.45) is 12.5. The molecule has 4 aliphatic rings. The Balaban J connectivity index is 1.67. The molecule has 4 rings (SSSR count). The van der Waals surface area contributed by atoms with Gasteiger partial charge in [0.25, 0.3) is 0 Å². The van der Waals surface area contributed by atoms with Gasteiger partial charge in [0.1, 0.15) is 5.60 Å². The molecular weight excluding hydrogens is 284 g/mol. The standard InChI is InChI=1S/C21H34O2/c1-14(22)21(23)13-10-18-16-8-7-15-6-4-5-11-19(15,2)17(16)9-12-20(18,21)3/h15-18,23H,4-13H2,1-3H3/t15?,16-,17+,18+,19+,20+,21-/m1/s1. The average molecular weight is 319 g/mol. The summed E-state index contributed by atoms with van der Waals surface area (Å²) in [5.74, 6) is 3.11. The van der Waals surface area contributed by atoms with Crippen LogP contribution in [0.15, 0.2) is 0 Å². The van der Waals surface area contributed by atoms with E-state index < -0.39 is 5.60 Å². The Morgan fingerprint density at radius 3 is 2.39 bits per heavy atom. The third-order valence-corrected chi connectivity index (χ3v) is 9.32. The minimum atomic E-state index is -1.05. The third-order valence-electron chi connectivity index (χ3n) is 9.32. The van der Waals surface area contributed by atoms with E-state index >= 15 is 0 Å². The third kappa shape index (κ3) is 1.94. The molecule has 2 nitrogen and oxygen atoms in total. The van der Waals surface area contributed by atoms with E-state index in [1.165, 1.54) is 44.9 Å². The Labute approximate surface area is 141 Å². The van der Waals surface area contributed by atoms with Crippen LogP contribution in [0.1, 0.15) is 85.0 Å². The molecule has 4 fully saturated rings. The Hall–Kier alpha value is -0.370. The minimum absolute atomic E-state index is 0.0125. The van der Waals surface area contributed by atoms with Crippen molar-refractivity contribution < 1.29 is 9.90 Å². The van der Waals surface area contributed by atoms with Crippen LogP contribution >= 0.6 is 0 Å². The lowest BCUT2D eigenvalue weighted by molar-refractivity contribution is -0.167. The van der Waals surface area contributed by atoms with Gasteiger partial charge in [0.15, 0.2) is 5.78 Å². The van der Waals surface area contributed by atoms with Gasteiger partial charge in [-0.05, 0) is 87.4 Å². The highest BCUT2D eigenvalue weighted by molar-refractivity contribution is 5.86. The minimum Gasteiger partial charge on any atom is -0.382 e. The normalized spacial score (nSPS) is 55.7. The van der Waals surface area contributed by atoms with E-state index in [4.69, 9.17) is 0 Å². The molecule has 1 unspecified atom stereocenters. The molecule has 0 amide bonds. The number of Topliss-reactive ketones (excluding diaryl/α,β-unsaturated/α-hetero) is 1. The van der Waals surface area contributed by atoms with Crippen LogP contribution in [0.5, 0.6) is 0 Å². The predicted molar refractivity (Wildman–Crippen MR) is 92.0 cm³/mol. The van der Waals surface area contributed by atoms with E-state index in [0.29, 0.717) is 17.8 Å². The average Bonchev–Trinajstić information content (AvgIpc) is 2.80. The van der Waals surface area contributed by atoms with Gasteiger partial charge >= 0.3 is 0 Å². The van der Waals surface area contributed by atoms with Crippen LogP contribution in [-0.4, -0.2) is 16.5 Å². The molecule has 7 atom stereocenters. The van der Waals surface area contributed by atoms with Crippen molar-refractivity contribution in [3.05, 3.63) is 0 Å². The molecule has 1 N–H and O–H groups in total. The van der Waals surface area contributed by atoms with Crippen LogP contribution in [-0.2, 0) is 4.79 Å². The van der Waals surface area contributed by atoms with Gasteiger partial charge in [0.05, 0.1) is 0 Å². The SMILES string of the molecule is CC(=O)[C@]1(O)CC[C@H]2[C@@H]3CCC4CCCC[C@]4(C)[C@H]3CC[C@@]21C. The van der Waals surface area contributed by atoms with Crippen molar-refractivity contribution in [1.29, 1.82) is 0 Å². The van der Waals surface area contributed by atoms with E-state index in [0.717, 1.165) is 30.6 Å². The van der Waals surface area contributed by atoms with E-state index in [-0.39, 0.29) is 11.2 Å². The summed E-state index contributed by atoms with van der Waals surface area (Å²) in [6.45, 7) is 6.43. The predicted octanol–water partition coefficient (Wildman–Crippen LogP) is 4.74. The molecule has 0 spiro atoms. The molecule has 4 saturated carbocycles. The second-order valence-electron chi connectivity index (χ2n) is 9.81. The molecule has 0 bridgehead atoms. The number of ketones is 1. The van der Waals surface area contributed by atoms with Crippen LogP contribution in [0.25, 0.3) is 0 Å². The highest BCUT2D eigenvalue weighted by atomic mass is 16.3. The zero-order valence-corrected chi connectivity index (χ0v) is 15.2. The topological polar surface area (TPSA) is 37.3 Å². The fourth-order valence-corrected chi connectivity index (χ4v) is 7.89. The van der Waals surface area contributed by atoms with E-state index in [9.17, 15) is 9.90 Å². The van der Waals surface area contributed by atoms with Gasteiger partial charge in [-0.25, -0.2) is 0 Å². The zero-order chi connectivity index (χ0) is 16.5. The lowest BCUT2D eigenvalue weighted by Gasteiger charge is -2.61. The van der Waals surface area contributed by atoms with Crippen molar-refractivity contribution in [2.75, 3.05) is 0 Å². The van der Waals surface area contributed by atoms with Gasteiger partial charge in [-0.15, -0.1) is 0 Å². The number of carbonyl (C=O) groups is 1. The maximum atomic E-state index is 12.2. The van der Waals surface area contributed by atoms with Gasteiger partial charge in [-0.1, -0.05) is 26.7 Å². The van der Waals surface area contributed by atoms with Gasteiger partial charge < -0.3 is 5.11 Å². The summed E-state index contributed by atoms with van der Waals surface area (Å²) in [7, 11) is 0. The summed E-state index contributed by atoms with van der Waals surface area (Å²) in [6, 6.07) is 0. The molecule has 0 heterocycles. The van der Waals surface area contributed by atoms with Gasteiger partial charge in [0.2, 0.25) is 0 Å². The molecule has 0 radical (unpaired) electrons. The Bertz CT molecular complexity index is 514. The molecule has 0 aliphatic heterocycles. The van der Waals surface area contributed by atoms with E-state index in [1.54, 1.807) is 6.92 Å². The van der Waals surface area contributed by atoms with Crippen molar-refractivity contribution in [1.82, 2.24) is 0 Å². The molecule has 130 valence electrons. The first kappa shape index (κ1) is 16.1. The summed E-state index contributed by atoms with van der Waals surface area (Å²) >= 11 is 0. The van der Waals surface area contributed by atoms with Crippen molar-refractivity contribution in [2.24, 2.45) is 34.5 Å². The number of rotatable bonds is 1. The first-order valence-electron chi connectivity index (χ1n) is 10.1. The fourth-order valence-electron chi connectivity index (χ4n) is 7.89. The highest BCUT2D eigenvalue weighted by Crippen LogP contribution is 2.68. The molecule has 0 saturated heterocycles. The van der Waals surface area contributed by atoms with Crippen LogP contribution in [0.3, 0.4) is 0 Å². The van der Waals surface area contributed by atoms with Crippen LogP contribution in [0, 0.1) is 34.5 Å². The molecule has 4 aliphatic carbocycles. The first-order valence-corrected chi connectivity index (χ1v) is 10.1. The summed E-state index contributed by atoms with van der Waals surface area (Å²) in [5, 5.41) is 11.2. The Morgan fingerprint density at radius 1 is 0.913 bits per heavy atom. The van der Waals surface area contributed by atoms with E-state index in [1.807, 2.05) is 0 Å². The maximum Gasteiger partial charge on any atom is 0.161 e. The second-order valence-corrected chi connectivity index (χ2v) is 9.81. The number of hydrogen-bond acceptors (Lipinski definition) is 2. The monoisotopic (exact) mass is 318 g/mol. The Morgan fingerprint density at radius 2 is 1.65 bits per heavy atom. The zero-order valence-electron chi connectivity index (χ0n) is 15.2. The molecule has 0 aromatic heterocycles. The van der Waals surface area contributed by atoms with Crippen LogP contribution < -0.4 is 0 Å². The van der Waals surface area contributed by atoms with E-state index in [2.05, 4.69) is 13.8 Å². The van der Waals surface area contributed by atoms with Crippen LogP contribution in [0.2, 0.25) is 0 Å². The fraction of sp³-hybridized carbons (Fsp3) is 0.952. The van der Waals surface area contributed by atoms with Crippen molar-refractivity contribution in [3.63, 3.8) is 0 Å². The summed E-state index contributed by atoms with van der Waals surface area (Å²) in [5.41, 5.74) is -0.676. The Kier molecular flexibility index (Phi) is 3.55. The first-order chi connectivity index (χ1) is 10.8. The highest BCUT2D eigenvalue weighted by Gasteiger charge is 2.65. The van der Waals surface area contributed by atoms with Crippen molar-refractivity contribution in [3.8, 4) is 0 Å². The number of fused-ring (bicyclic) bond motifs is 5. The maximum absolute atomic E-state index is 12.2. The van der Waals surface area contributed by atoms with Gasteiger partial charge in [0, 0.05) is 5.41 Å². The summed E-state index contributed by atoms with van der Waals surface area (Å²) in [4.78, 5) is 12.2. The second kappa shape index (κ2) is 5.07. The van der Waals surface area contributed by atoms with Gasteiger partial charge in [-0.3, -0.25) is 4.79 Å². The lowest BCUT2D eigenvalue weighted by Crippen LogP contribution is -2.58. The molecular formula is C21H34O2. The molecule has 2 heteroatoms. The smallest absolute Gasteiger partial charge is 0.161 e. The van der Waals surface area contributed by atoms with Crippen LogP contribution in [0.4, 0.5) is 0 Å². The van der Waals surface area contributed by atoms with Crippen molar-refractivity contribution >= 4 is 5.78 Å². The molecule has 0 aromatic rings. The largest absolute Gasteiger partial charge is 0.382 e. The molecule has 23 heavy (non-hydrogen) atoms. The lowest BCUT2D eigenvalue weighted by atomic mass is 9.44. The summed E-state index contributed by atoms with van der Waals surface area (Å²) < 4.78 is 0. The molecule has 0 aromatic carbocycles. The number of carbonyl (C=O) groups excluding carboxylic acids is 1. The number of aliphatic hydroxyl groups is 1. The number of hydrogen-bond donors (Lipinski definition) is 1. The van der Waals surface area contributed by atoms with Crippen molar-refractivity contribution in [2.45, 2.75) is 90.6 Å². The van der Waals surface area contributed by atoms with Gasteiger partial charge in [-0.2, -0.15) is 0 Å².